The number of aromatic nitrogens is 1. The Morgan fingerprint density at radius 1 is 1.50 bits per heavy atom. The fourth-order valence-corrected chi connectivity index (χ4v) is 2.50. The fourth-order valence-electron chi connectivity index (χ4n) is 2.50. The zero-order valence-corrected chi connectivity index (χ0v) is 10.1. The topological polar surface area (TPSA) is 48.1 Å². The van der Waals surface area contributed by atoms with E-state index in [4.69, 9.17) is 10.5 Å². The number of nitrogens with two attached hydrogens (primary N) is 1. The minimum atomic E-state index is 0.0978. The molecule has 2 N–H and O–H groups in total. The molecule has 2 rings (SSSR count). The van der Waals surface area contributed by atoms with Crippen LogP contribution in [0.4, 0.5) is 0 Å². The molecule has 0 aliphatic carbocycles. The van der Waals surface area contributed by atoms with Crippen LogP contribution < -0.4 is 5.73 Å². The lowest BCUT2D eigenvalue weighted by Gasteiger charge is -2.52. The lowest BCUT2D eigenvalue weighted by atomic mass is 9.59. The highest BCUT2D eigenvalue weighted by Gasteiger charge is 2.51. The van der Waals surface area contributed by atoms with E-state index in [1.165, 1.54) is 5.56 Å². The van der Waals surface area contributed by atoms with Crippen LogP contribution in [0.1, 0.15) is 25.8 Å². The van der Waals surface area contributed by atoms with E-state index in [1.807, 2.05) is 18.5 Å². The summed E-state index contributed by atoms with van der Waals surface area (Å²) in [5.74, 6) is 0. The van der Waals surface area contributed by atoms with Gasteiger partial charge in [0.1, 0.15) is 0 Å². The molecule has 1 saturated heterocycles. The van der Waals surface area contributed by atoms with Gasteiger partial charge in [-0.25, -0.2) is 0 Å². The van der Waals surface area contributed by atoms with Gasteiger partial charge in [-0.3, -0.25) is 4.98 Å². The molecule has 0 atom stereocenters. The largest absolute Gasteiger partial charge is 0.379 e. The third-order valence-electron chi connectivity index (χ3n) is 3.98. The molecule has 3 heteroatoms. The van der Waals surface area contributed by atoms with Gasteiger partial charge in [0.15, 0.2) is 0 Å². The minimum absolute atomic E-state index is 0.0978. The molecule has 1 aliphatic heterocycles. The molecule has 0 unspecified atom stereocenters. The normalized spacial score (nSPS) is 19.2. The molecule has 0 spiro atoms. The molecule has 1 fully saturated rings. The van der Waals surface area contributed by atoms with Gasteiger partial charge in [0.05, 0.1) is 13.2 Å². The number of hydrogen-bond acceptors (Lipinski definition) is 3. The number of pyridine rings is 1. The van der Waals surface area contributed by atoms with Crippen molar-refractivity contribution in [3.05, 3.63) is 30.1 Å². The molecular weight excluding hydrogens is 200 g/mol. The zero-order valence-electron chi connectivity index (χ0n) is 10.1. The van der Waals surface area contributed by atoms with Crippen molar-refractivity contribution in [2.24, 2.45) is 11.1 Å². The predicted molar refractivity (Wildman–Crippen MR) is 64.2 cm³/mol. The molecule has 88 valence electrons. The van der Waals surface area contributed by atoms with Crippen LogP contribution >= 0.6 is 0 Å². The van der Waals surface area contributed by atoms with Crippen LogP contribution in [0.25, 0.3) is 0 Å². The standard InChI is InChI=1S/C13H20N2O/c1-12(2,5-6-14)13(9-16-10-13)11-4-3-7-15-8-11/h3-4,7-8H,5-6,9-10,14H2,1-2H3. The molecule has 0 saturated carbocycles. The van der Waals surface area contributed by atoms with Crippen molar-refractivity contribution in [1.29, 1.82) is 0 Å². The van der Waals surface area contributed by atoms with Gasteiger partial charge in [0, 0.05) is 17.8 Å². The highest BCUT2D eigenvalue weighted by atomic mass is 16.5. The van der Waals surface area contributed by atoms with Gasteiger partial charge in [-0.15, -0.1) is 0 Å². The van der Waals surface area contributed by atoms with Gasteiger partial charge in [0.25, 0.3) is 0 Å². The van der Waals surface area contributed by atoms with Gasteiger partial charge >= 0.3 is 0 Å². The van der Waals surface area contributed by atoms with Gasteiger partial charge in [-0.1, -0.05) is 19.9 Å². The Labute approximate surface area is 97.0 Å². The summed E-state index contributed by atoms with van der Waals surface area (Å²) in [4.78, 5) is 4.22. The maximum Gasteiger partial charge on any atom is 0.0591 e. The van der Waals surface area contributed by atoms with E-state index in [-0.39, 0.29) is 10.8 Å². The van der Waals surface area contributed by atoms with Gasteiger partial charge in [-0.05, 0) is 30.0 Å². The second kappa shape index (κ2) is 4.15. The summed E-state index contributed by atoms with van der Waals surface area (Å²) in [6, 6.07) is 4.14. The number of rotatable bonds is 4. The van der Waals surface area contributed by atoms with E-state index in [9.17, 15) is 0 Å². The van der Waals surface area contributed by atoms with Crippen molar-refractivity contribution in [2.75, 3.05) is 19.8 Å². The smallest absolute Gasteiger partial charge is 0.0591 e. The first-order chi connectivity index (χ1) is 7.62. The third-order valence-corrected chi connectivity index (χ3v) is 3.98. The maximum absolute atomic E-state index is 5.71. The van der Waals surface area contributed by atoms with Crippen LogP contribution in [0.2, 0.25) is 0 Å². The summed E-state index contributed by atoms with van der Waals surface area (Å²) in [5.41, 5.74) is 7.24. The summed E-state index contributed by atoms with van der Waals surface area (Å²) < 4.78 is 5.46. The van der Waals surface area contributed by atoms with Crippen LogP contribution in [0.15, 0.2) is 24.5 Å². The van der Waals surface area contributed by atoms with Crippen LogP contribution in [0, 0.1) is 5.41 Å². The average molecular weight is 220 g/mol. The van der Waals surface area contributed by atoms with Gasteiger partial charge in [-0.2, -0.15) is 0 Å². The molecule has 3 nitrogen and oxygen atoms in total. The van der Waals surface area contributed by atoms with E-state index in [2.05, 4.69) is 24.9 Å². The van der Waals surface area contributed by atoms with Crippen LogP contribution in [-0.2, 0) is 10.2 Å². The van der Waals surface area contributed by atoms with Crippen molar-refractivity contribution in [3.8, 4) is 0 Å². The molecule has 1 aliphatic rings. The zero-order chi connectivity index (χ0) is 11.6. The third kappa shape index (κ3) is 1.64. The second-order valence-corrected chi connectivity index (χ2v) is 5.24. The second-order valence-electron chi connectivity index (χ2n) is 5.24. The van der Waals surface area contributed by atoms with E-state index in [0.29, 0.717) is 0 Å². The first-order valence-electron chi connectivity index (χ1n) is 5.81. The molecule has 1 aromatic rings. The van der Waals surface area contributed by atoms with E-state index >= 15 is 0 Å². The number of ether oxygens (including phenoxy) is 1. The summed E-state index contributed by atoms with van der Waals surface area (Å²) in [6.07, 6.45) is 4.78. The SMILES string of the molecule is CC(C)(CCN)C1(c2cccnc2)COC1. The molecule has 1 aromatic heterocycles. The number of hydrogen-bond donors (Lipinski definition) is 1. The summed E-state index contributed by atoms with van der Waals surface area (Å²) in [5, 5.41) is 0. The van der Waals surface area contributed by atoms with E-state index in [0.717, 1.165) is 26.2 Å². The highest BCUT2D eigenvalue weighted by Crippen LogP contribution is 2.48. The Hall–Kier alpha value is -0.930. The van der Waals surface area contributed by atoms with Crippen LogP contribution in [-0.4, -0.2) is 24.7 Å². The molecule has 0 aromatic carbocycles. The Morgan fingerprint density at radius 3 is 2.69 bits per heavy atom. The highest BCUT2D eigenvalue weighted by molar-refractivity contribution is 5.28. The molecule has 0 amide bonds. The fraction of sp³-hybridized carbons (Fsp3) is 0.615. The van der Waals surface area contributed by atoms with Gasteiger partial charge in [0.2, 0.25) is 0 Å². The number of nitrogens with zero attached hydrogens (tertiary/aromatic N) is 1. The Balaban J connectivity index is 2.33. The predicted octanol–water partition coefficient (Wildman–Crippen LogP) is 1.72. The van der Waals surface area contributed by atoms with Crippen molar-refractivity contribution < 1.29 is 4.74 Å². The van der Waals surface area contributed by atoms with Crippen LogP contribution in [0.5, 0.6) is 0 Å². The van der Waals surface area contributed by atoms with Crippen molar-refractivity contribution in [2.45, 2.75) is 25.7 Å². The molecular formula is C13H20N2O. The lowest BCUT2D eigenvalue weighted by Crippen LogP contribution is -2.57. The summed E-state index contributed by atoms with van der Waals surface area (Å²) in [7, 11) is 0. The van der Waals surface area contributed by atoms with Crippen molar-refractivity contribution >= 4 is 0 Å². The maximum atomic E-state index is 5.71. The Kier molecular flexibility index (Phi) is 3.00. The monoisotopic (exact) mass is 220 g/mol. The molecule has 0 radical (unpaired) electrons. The minimum Gasteiger partial charge on any atom is -0.379 e. The summed E-state index contributed by atoms with van der Waals surface area (Å²) in [6.45, 7) is 6.83. The summed E-state index contributed by atoms with van der Waals surface area (Å²) >= 11 is 0. The molecule has 0 bridgehead atoms. The Bertz CT molecular complexity index is 344. The van der Waals surface area contributed by atoms with Crippen LogP contribution in [0.3, 0.4) is 0 Å². The lowest BCUT2D eigenvalue weighted by molar-refractivity contribution is -0.121. The molecule has 2 heterocycles. The quantitative estimate of drug-likeness (QED) is 0.840. The van der Waals surface area contributed by atoms with E-state index < -0.39 is 0 Å². The van der Waals surface area contributed by atoms with Gasteiger partial charge < -0.3 is 10.5 Å². The molecule has 16 heavy (non-hydrogen) atoms. The van der Waals surface area contributed by atoms with E-state index in [1.54, 1.807) is 0 Å². The van der Waals surface area contributed by atoms with Crippen molar-refractivity contribution in [1.82, 2.24) is 4.98 Å². The average Bonchev–Trinajstić information content (AvgIpc) is 2.16. The first-order valence-corrected chi connectivity index (χ1v) is 5.81. The van der Waals surface area contributed by atoms with Crippen molar-refractivity contribution in [3.63, 3.8) is 0 Å². The first kappa shape index (κ1) is 11.6. The Morgan fingerprint density at radius 2 is 2.25 bits per heavy atom.